The van der Waals surface area contributed by atoms with Gasteiger partial charge in [0, 0.05) is 24.6 Å². The maximum absolute atomic E-state index is 13.7. The topological polar surface area (TPSA) is 183 Å². The molecule has 0 spiro atoms. The van der Waals surface area contributed by atoms with Crippen LogP contribution in [0.3, 0.4) is 0 Å². The Morgan fingerprint density at radius 1 is 0.639 bits per heavy atom. The number of H-pyrrole nitrogens is 1. The van der Waals surface area contributed by atoms with Crippen molar-refractivity contribution >= 4 is 11.8 Å². The summed E-state index contributed by atoms with van der Waals surface area (Å²) in [7, 11) is 6.31. The molecule has 0 aliphatic carbocycles. The van der Waals surface area contributed by atoms with E-state index < -0.39 is 46.9 Å². The van der Waals surface area contributed by atoms with Crippen LogP contribution in [0.25, 0.3) is 0 Å². The lowest BCUT2D eigenvalue weighted by Crippen LogP contribution is -2.39. The Morgan fingerprint density at radius 3 is 1.67 bits per heavy atom. The van der Waals surface area contributed by atoms with Crippen molar-refractivity contribution in [1.82, 2.24) is 9.55 Å². The zero-order valence-corrected chi connectivity index (χ0v) is 40.6. The third kappa shape index (κ3) is 10.8. The number of esters is 1. The van der Waals surface area contributed by atoms with E-state index >= 15 is 0 Å². The Hall–Kier alpha value is -7.98. The minimum atomic E-state index is -1.63. The number of aromatic amines is 1. The molecule has 0 unspecified atom stereocenters. The van der Waals surface area contributed by atoms with E-state index in [1.165, 1.54) is 10.8 Å². The van der Waals surface area contributed by atoms with Crippen LogP contribution in [-0.4, -0.2) is 80.3 Å². The molecule has 0 amide bonds. The molecule has 0 bridgehead atoms. The fraction of sp³-hybridized carbons (Fsp3) is 0.263. The Balaban J connectivity index is 1.00. The predicted octanol–water partition coefficient (Wildman–Crippen LogP) is 7.80. The summed E-state index contributed by atoms with van der Waals surface area (Å²) in [5, 5.41) is 12.5. The van der Waals surface area contributed by atoms with Gasteiger partial charge >= 0.3 is 11.7 Å². The highest BCUT2D eigenvalue weighted by molar-refractivity contribution is 5.84. The summed E-state index contributed by atoms with van der Waals surface area (Å²) in [6, 6.07) is 45.7. The number of rotatable bonds is 21. The van der Waals surface area contributed by atoms with E-state index in [-0.39, 0.29) is 43.8 Å². The van der Waals surface area contributed by atoms with Gasteiger partial charge in [-0.1, -0.05) is 91.0 Å². The van der Waals surface area contributed by atoms with E-state index in [0.717, 1.165) is 16.7 Å². The van der Waals surface area contributed by atoms with Crippen LogP contribution in [0.5, 0.6) is 28.7 Å². The van der Waals surface area contributed by atoms with Crippen LogP contribution in [0.15, 0.2) is 167 Å². The van der Waals surface area contributed by atoms with Gasteiger partial charge in [0.15, 0.2) is 5.78 Å². The molecule has 372 valence electrons. The summed E-state index contributed by atoms with van der Waals surface area (Å²) >= 11 is 0. The van der Waals surface area contributed by atoms with Gasteiger partial charge in [-0.15, -0.1) is 0 Å². The molecule has 15 nitrogen and oxygen atoms in total. The van der Waals surface area contributed by atoms with Crippen LogP contribution in [0.4, 0.5) is 0 Å². The first-order valence-electron chi connectivity index (χ1n) is 23.3. The van der Waals surface area contributed by atoms with E-state index in [0.29, 0.717) is 45.4 Å². The Labute approximate surface area is 416 Å². The van der Waals surface area contributed by atoms with Crippen LogP contribution in [-0.2, 0) is 35.0 Å². The number of carbonyl (C=O) groups is 2. The summed E-state index contributed by atoms with van der Waals surface area (Å²) in [6.45, 7) is 1.07. The molecule has 2 heterocycles. The number of nitrogens with one attached hydrogen (secondary N) is 1. The molecular formula is C57H56N2O13. The summed E-state index contributed by atoms with van der Waals surface area (Å²) in [4.78, 5) is 55.0. The van der Waals surface area contributed by atoms with E-state index in [1.807, 2.05) is 78.9 Å². The number of nitrogens with zero attached hydrogens (tertiary/aromatic N) is 1. The van der Waals surface area contributed by atoms with Gasteiger partial charge in [0.2, 0.25) is 0 Å². The minimum absolute atomic E-state index is 0.0291. The molecule has 6 aromatic carbocycles. The van der Waals surface area contributed by atoms with E-state index in [1.54, 1.807) is 108 Å². The van der Waals surface area contributed by atoms with Crippen molar-refractivity contribution in [2.45, 2.75) is 55.8 Å². The molecule has 1 saturated heterocycles. The van der Waals surface area contributed by atoms with Gasteiger partial charge in [-0.25, -0.2) is 4.79 Å². The standard InChI is InChI=1S/C57H56N2O13/c1-37-34-59(55(63)58-54(37)62)52-33-50(51(71-52)36-70-57(40-10-7-6-8-11-40,41-18-27-47(67-4)28-19-41)42-20-29-48(68-5)30-21-42)72-53(61)31-22-44(60)35-69-49-13-9-12-43(32-49)56(64,38-14-23-45(65-2)24-15-38)39-16-25-46(66-3)26-17-39/h6-21,23-30,32,34,50-52,64H,22,31,33,35-36H2,1-5H3,(H,58,62,63)/t50-,51+,52+/m0/s1. The van der Waals surface area contributed by atoms with Crippen molar-refractivity contribution < 1.29 is 52.6 Å². The average Bonchev–Trinajstić information content (AvgIpc) is 3.82. The third-order valence-corrected chi connectivity index (χ3v) is 12.8. The summed E-state index contributed by atoms with van der Waals surface area (Å²) < 4.78 is 48.7. The number of carbonyl (C=O) groups excluding carboxylic acids is 2. The van der Waals surface area contributed by atoms with Crippen LogP contribution in [0, 0.1) is 6.92 Å². The molecule has 7 aromatic rings. The zero-order valence-electron chi connectivity index (χ0n) is 40.6. The fourth-order valence-corrected chi connectivity index (χ4v) is 8.91. The van der Waals surface area contributed by atoms with Gasteiger partial charge in [0.05, 0.1) is 41.5 Å². The summed E-state index contributed by atoms with van der Waals surface area (Å²) in [5.41, 5.74) is 0.0924. The highest BCUT2D eigenvalue weighted by atomic mass is 16.6. The summed E-state index contributed by atoms with van der Waals surface area (Å²) in [5.74, 6) is 1.80. The monoisotopic (exact) mass is 976 g/mol. The van der Waals surface area contributed by atoms with Crippen molar-refractivity contribution in [2.75, 3.05) is 41.7 Å². The molecule has 1 aromatic heterocycles. The number of Topliss-reactive ketones (excluding diaryl/α,β-unsaturated/α-hetero) is 1. The van der Waals surface area contributed by atoms with E-state index in [4.69, 9.17) is 37.9 Å². The second-order valence-corrected chi connectivity index (χ2v) is 17.2. The molecule has 15 heteroatoms. The number of methoxy groups -OCH3 is 4. The smallest absolute Gasteiger partial charge is 0.330 e. The van der Waals surface area contributed by atoms with Crippen molar-refractivity contribution in [2.24, 2.45) is 0 Å². The van der Waals surface area contributed by atoms with Crippen LogP contribution >= 0.6 is 0 Å². The number of ether oxygens (including phenoxy) is 8. The molecule has 0 saturated carbocycles. The highest BCUT2D eigenvalue weighted by Crippen LogP contribution is 2.44. The molecule has 1 aliphatic heterocycles. The normalized spacial score (nSPS) is 15.6. The van der Waals surface area contributed by atoms with Crippen LogP contribution < -0.4 is 34.9 Å². The number of hydrogen-bond donors (Lipinski definition) is 2. The first kappa shape index (κ1) is 50.4. The van der Waals surface area contributed by atoms with Crippen molar-refractivity contribution in [3.63, 3.8) is 0 Å². The highest BCUT2D eigenvalue weighted by Gasteiger charge is 2.44. The molecule has 1 fully saturated rings. The lowest BCUT2D eigenvalue weighted by molar-refractivity contribution is -0.156. The van der Waals surface area contributed by atoms with E-state index in [2.05, 4.69) is 4.98 Å². The maximum atomic E-state index is 13.7. The fourth-order valence-electron chi connectivity index (χ4n) is 8.91. The Morgan fingerprint density at radius 2 is 1.14 bits per heavy atom. The number of aliphatic hydroxyl groups is 1. The number of benzene rings is 6. The summed E-state index contributed by atoms with van der Waals surface area (Å²) in [6.07, 6.45) is -1.89. The number of aryl methyl sites for hydroxylation is 1. The molecule has 0 radical (unpaired) electrons. The lowest BCUT2D eigenvalue weighted by atomic mass is 9.80. The predicted molar refractivity (Wildman–Crippen MR) is 267 cm³/mol. The molecule has 72 heavy (non-hydrogen) atoms. The Kier molecular flexibility index (Phi) is 15.7. The van der Waals surface area contributed by atoms with Gasteiger partial charge in [-0.05, 0) is 101 Å². The molecule has 3 atom stereocenters. The third-order valence-electron chi connectivity index (χ3n) is 12.8. The second kappa shape index (κ2) is 22.4. The Bertz CT molecular complexity index is 2970. The molecule has 1 aliphatic rings. The zero-order chi connectivity index (χ0) is 50.8. The average molecular weight is 977 g/mol. The van der Waals surface area contributed by atoms with Crippen molar-refractivity contribution in [3.8, 4) is 28.7 Å². The number of aromatic nitrogens is 2. The lowest BCUT2D eigenvalue weighted by Gasteiger charge is -2.37. The molecular weight excluding hydrogens is 921 g/mol. The van der Waals surface area contributed by atoms with Gasteiger partial charge in [-0.3, -0.25) is 23.9 Å². The van der Waals surface area contributed by atoms with Gasteiger partial charge in [-0.2, -0.15) is 0 Å². The first-order valence-corrected chi connectivity index (χ1v) is 23.3. The maximum Gasteiger partial charge on any atom is 0.330 e. The quantitative estimate of drug-likeness (QED) is 0.0526. The van der Waals surface area contributed by atoms with Crippen LogP contribution in [0.1, 0.15) is 64.4 Å². The molecule has 2 N–H and O–H groups in total. The van der Waals surface area contributed by atoms with Crippen molar-refractivity contribution in [1.29, 1.82) is 0 Å². The minimum Gasteiger partial charge on any atom is -0.497 e. The van der Waals surface area contributed by atoms with Gasteiger partial charge in [0.25, 0.3) is 5.56 Å². The van der Waals surface area contributed by atoms with E-state index in [9.17, 15) is 24.3 Å². The molecule has 8 rings (SSSR count). The number of hydrogen-bond acceptors (Lipinski definition) is 13. The largest absolute Gasteiger partial charge is 0.497 e. The van der Waals surface area contributed by atoms with Gasteiger partial charge < -0.3 is 43.0 Å². The first-order chi connectivity index (χ1) is 34.9. The van der Waals surface area contributed by atoms with Crippen LogP contribution in [0.2, 0.25) is 0 Å². The van der Waals surface area contributed by atoms with Crippen molar-refractivity contribution in [3.05, 3.63) is 218 Å². The van der Waals surface area contributed by atoms with Gasteiger partial charge in [0.1, 0.15) is 65.0 Å². The second-order valence-electron chi connectivity index (χ2n) is 17.2. The SMILES string of the molecule is COc1ccc(C(O)(c2ccc(OC)cc2)c2cccc(OCC(=O)CCC(=O)O[C@H]3C[C@H](n4cc(C)c(=O)[nH]c4=O)O[C@@H]3COC(c3ccccc3)(c3ccc(OC)cc3)c3ccc(OC)cc3)c2)cc1. The number of ketones is 1.